The molecule has 0 aliphatic heterocycles. The number of aromatic nitrogens is 2. The molecular formula is C12H14ClN3. The van der Waals surface area contributed by atoms with E-state index in [4.69, 9.17) is 11.6 Å². The van der Waals surface area contributed by atoms with E-state index in [-0.39, 0.29) is 0 Å². The summed E-state index contributed by atoms with van der Waals surface area (Å²) in [5.41, 5.74) is 3.24. The van der Waals surface area contributed by atoms with Gasteiger partial charge >= 0.3 is 0 Å². The van der Waals surface area contributed by atoms with Crippen molar-refractivity contribution >= 4 is 17.3 Å². The molecule has 3 nitrogen and oxygen atoms in total. The van der Waals surface area contributed by atoms with E-state index in [9.17, 15) is 0 Å². The highest BCUT2D eigenvalue weighted by atomic mass is 35.5. The van der Waals surface area contributed by atoms with Crippen LogP contribution >= 0.6 is 11.6 Å². The van der Waals surface area contributed by atoms with E-state index in [1.807, 2.05) is 30.8 Å². The van der Waals surface area contributed by atoms with Gasteiger partial charge in [-0.05, 0) is 30.2 Å². The number of anilines is 1. The van der Waals surface area contributed by atoms with Gasteiger partial charge in [0.15, 0.2) is 5.15 Å². The Labute approximate surface area is 100 Å². The van der Waals surface area contributed by atoms with Crippen molar-refractivity contribution in [3.8, 4) is 0 Å². The molecule has 0 saturated heterocycles. The Morgan fingerprint density at radius 2 is 2.25 bits per heavy atom. The minimum absolute atomic E-state index is 0.524. The Morgan fingerprint density at radius 3 is 2.88 bits per heavy atom. The van der Waals surface area contributed by atoms with Crippen molar-refractivity contribution in [2.45, 2.75) is 13.5 Å². The molecule has 4 heteroatoms. The van der Waals surface area contributed by atoms with Crippen molar-refractivity contribution in [2.24, 2.45) is 7.05 Å². The van der Waals surface area contributed by atoms with E-state index < -0.39 is 0 Å². The molecule has 1 N–H and O–H groups in total. The molecule has 16 heavy (non-hydrogen) atoms. The van der Waals surface area contributed by atoms with Gasteiger partial charge in [-0.15, -0.1) is 0 Å². The fourth-order valence-electron chi connectivity index (χ4n) is 1.59. The molecule has 0 aromatic carbocycles. The average molecular weight is 236 g/mol. The van der Waals surface area contributed by atoms with E-state index in [2.05, 4.69) is 22.6 Å². The molecule has 0 bridgehead atoms. The summed E-state index contributed by atoms with van der Waals surface area (Å²) in [6.45, 7) is 2.77. The van der Waals surface area contributed by atoms with Crippen molar-refractivity contribution in [1.82, 2.24) is 9.55 Å². The van der Waals surface area contributed by atoms with Crippen LogP contribution in [0.15, 0.2) is 30.7 Å². The first-order chi connectivity index (χ1) is 7.66. The smallest absolute Gasteiger partial charge is 0.152 e. The minimum Gasteiger partial charge on any atom is -0.378 e. The predicted molar refractivity (Wildman–Crippen MR) is 66.7 cm³/mol. The van der Waals surface area contributed by atoms with E-state index in [0.717, 1.165) is 17.8 Å². The second-order valence-electron chi connectivity index (χ2n) is 3.83. The highest BCUT2D eigenvalue weighted by molar-refractivity contribution is 6.32. The van der Waals surface area contributed by atoms with Gasteiger partial charge in [0.05, 0.1) is 5.69 Å². The summed E-state index contributed by atoms with van der Waals surface area (Å²) >= 11 is 6.02. The number of halogens is 1. The molecule has 2 aromatic rings. The molecule has 2 rings (SSSR count). The summed E-state index contributed by atoms with van der Waals surface area (Å²) in [6, 6.07) is 4.02. The lowest BCUT2D eigenvalue weighted by molar-refractivity contribution is 0.920. The summed E-state index contributed by atoms with van der Waals surface area (Å²) in [5.74, 6) is 0. The lowest BCUT2D eigenvalue weighted by atomic mass is 10.2. The quantitative estimate of drug-likeness (QED) is 0.829. The van der Waals surface area contributed by atoms with Crippen LogP contribution in [0.4, 0.5) is 5.69 Å². The molecule has 2 heterocycles. The molecule has 0 radical (unpaired) electrons. The molecule has 0 aliphatic carbocycles. The first-order valence-corrected chi connectivity index (χ1v) is 5.50. The van der Waals surface area contributed by atoms with Crippen LogP contribution in [0.1, 0.15) is 11.1 Å². The van der Waals surface area contributed by atoms with E-state index in [1.165, 1.54) is 5.56 Å². The van der Waals surface area contributed by atoms with Crippen LogP contribution in [0.5, 0.6) is 0 Å². The van der Waals surface area contributed by atoms with Gasteiger partial charge in [-0.2, -0.15) is 0 Å². The fourth-order valence-corrected chi connectivity index (χ4v) is 1.87. The van der Waals surface area contributed by atoms with Crippen molar-refractivity contribution < 1.29 is 0 Å². The molecule has 0 saturated carbocycles. The molecule has 0 aliphatic rings. The third-order valence-electron chi connectivity index (χ3n) is 2.48. The topological polar surface area (TPSA) is 29.9 Å². The summed E-state index contributed by atoms with van der Waals surface area (Å²) in [4.78, 5) is 4.06. The Bertz CT molecular complexity index is 471. The number of rotatable bonds is 3. The molecule has 0 amide bonds. The van der Waals surface area contributed by atoms with E-state index in [1.54, 1.807) is 6.20 Å². The van der Waals surface area contributed by atoms with Crippen molar-refractivity contribution in [1.29, 1.82) is 0 Å². The van der Waals surface area contributed by atoms with Gasteiger partial charge in [-0.3, -0.25) is 0 Å². The zero-order valence-corrected chi connectivity index (χ0v) is 10.1. The monoisotopic (exact) mass is 235 g/mol. The van der Waals surface area contributed by atoms with Gasteiger partial charge in [0.25, 0.3) is 0 Å². The third kappa shape index (κ3) is 2.36. The average Bonchev–Trinajstić information content (AvgIpc) is 2.63. The van der Waals surface area contributed by atoms with Crippen LogP contribution in [0.25, 0.3) is 0 Å². The van der Waals surface area contributed by atoms with Crippen LogP contribution in [0, 0.1) is 6.92 Å². The van der Waals surface area contributed by atoms with Gasteiger partial charge in [0.2, 0.25) is 0 Å². The lowest BCUT2D eigenvalue weighted by Gasteiger charge is -2.09. The third-order valence-corrected chi connectivity index (χ3v) is 2.76. The molecule has 0 fully saturated rings. The maximum absolute atomic E-state index is 6.02. The number of nitrogens with zero attached hydrogens (tertiary/aromatic N) is 2. The maximum Gasteiger partial charge on any atom is 0.152 e. The van der Waals surface area contributed by atoms with Crippen LogP contribution in [0.3, 0.4) is 0 Å². The van der Waals surface area contributed by atoms with Crippen LogP contribution in [-0.2, 0) is 13.6 Å². The summed E-state index contributed by atoms with van der Waals surface area (Å²) < 4.78 is 2.02. The Hall–Kier alpha value is -1.48. The number of nitrogens with one attached hydrogen (secondary N) is 1. The van der Waals surface area contributed by atoms with Crippen molar-refractivity contribution in [3.63, 3.8) is 0 Å². The van der Waals surface area contributed by atoms with Crippen molar-refractivity contribution in [2.75, 3.05) is 5.32 Å². The molecule has 84 valence electrons. The Balaban J connectivity index is 2.10. The molecule has 0 spiro atoms. The second kappa shape index (κ2) is 4.58. The Kier molecular flexibility index (Phi) is 3.15. The SMILES string of the molecule is Cc1ccnc(Cl)c1NCc1ccn(C)c1. The van der Waals surface area contributed by atoms with Gasteiger partial charge in [-0.1, -0.05) is 11.6 Å². The highest BCUT2D eigenvalue weighted by Gasteiger charge is 2.04. The molecule has 0 unspecified atom stereocenters. The molecular weight excluding hydrogens is 222 g/mol. The number of hydrogen-bond acceptors (Lipinski definition) is 2. The van der Waals surface area contributed by atoms with Crippen molar-refractivity contribution in [3.05, 3.63) is 47.0 Å². The molecule has 0 atom stereocenters. The van der Waals surface area contributed by atoms with Crippen LogP contribution in [-0.4, -0.2) is 9.55 Å². The zero-order chi connectivity index (χ0) is 11.5. The standard InChI is InChI=1S/C12H14ClN3/c1-9-3-5-14-12(13)11(9)15-7-10-4-6-16(2)8-10/h3-6,8,15H,7H2,1-2H3. The first-order valence-electron chi connectivity index (χ1n) is 5.12. The summed E-state index contributed by atoms with van der Waals surface area (Å²) in [6.07, 6.45) is 5.81. The highest BCUT2D eigenvalue weighted by Crippen LogP contribution is 2.23. The van der Waals surface area contributed by atoms with Gasteiger partial charge in [0.1, 0.15) is 0 Å². The maximum atomic E-state index is 6.02. The summed E-state index contributed by atoms with van der Waals surface area (Å²) in [7, 11) is 2.01. The fraction of sp³-hybridized carbons (Fsp3) is 0.250. The van der Waals surface area contributed by atoms with E-state index >= 15 is 0 Å². The van der Waals surface area contributed by atoms with Gasteiger partial charge in [-0.25, -0.2) is 4.98 Å². The normalized spacial score (nSPS) is 10.4. The largest absolute Gasteiger partial charge is 0.378 e. The van der Waals surface area contributed by atoms with Crippen LogP contribution < -0.4 is 5.32 Å². The number of hydrogen-bond donors (Lipinski definition) is 1. The minimum atomic E-state index is 0.524. The van der Waals surface area contributed by atoms with Gasteiger partial charge in [0, 0.05) is 32.2 Å². The lowest BCUT2D eigenvalue weighted by Crippen LogP contribution is -2.01. The number of pyridine rings is 1. The second-order valence-corrected chi connectivity index (χ2v) is 4.19. The Morgan fingerprint density at radius 1 is 1.44 bits per heavy atom. The van der Waals surface area contributed by atoms with Crippen LogP contribution in [0.2, 0.25) is 5.15 Å². The van der Waals surface area contributed by atoms with E-state index in [0.29, 0.717) is 5.15 Å². The predicted octanol–water partition coefficient (Wildman–Crippen LogP) is 2.99. The first kappa shape index (κ1) is 11.0. The number of aryl methyl sites for hydroxylation is 2. The van der Waals surface area contributed by atoms with Gasteiger partial charge < -0.3 is 9.88 Å². The zero-order valence-electron chi connectivity index (χ0n) is 9.37. The summed E-state index contributed by atoms with van der Waals surface area (Å²) in [5, 5.41) is 3.83. The molecule has 2 aromatic heterocycles.